The lowest BCUT2D eigenvalue weighted by atomic mass is 10.0. The number of fused-ring (bicyclic) bond motifs is 1. The number of carbonyl (C=O) groups excluding carboxylic acids is 1. The van der Waals surface area contributed by atoms with Gasteiger partial charge in [-0.1, -0.05) is 65.1 Å². The number of nitrogens with one attached hydrogen (secondary N) is 1. The molecule has 0 aliphatic carbocycles. The summed E-state index contributed by atoms with van der Waals surface area (Å²) in [4.78, 5) is 13.1. The molecule has 164 valence electrons. The van der Waals surface area contributed by atoms with E-state index in [2.05, 4.69) is 5.32 Å². The summed E-state index contributed by atoms with van der Waals surface area (Å²) in [6.07, 6.45) is 0. The van der Waals surface area contributed by atoms with E-state index in [4.69, 9.17) is 34.8 Å². The van der Waals surface area contributed by atoms with Crippen molar-refractivity contribution in [2.24, 2.45) is 0 Å². The van der Waals surface area contributed by atoms with Crippen LogP contribution in [0.5, 0.6) is 0 Å². The van der Waals surface area contributed by atoms with Gasteiger partial charge in [-0.3, -0.25) is 4.79 Å². The second-order valence-corrected chi connectivity index (χ2v) is 10.0. The predicted octanol–water partition coefficient (Wildman–Crippen LogP) is 5.72. The number of nitrogens with zero attached hydrogens (tertiary/aromatic N) is 1. The number of sulfonamides is 1. The van der Waals surface area contributed by atoms with Crippen molar-refractivity contribution in [3.8, 4) is 0 Å². The van der Waals surface area contributed by atoms with Crippen molar-refractivity contribution in [3.05, 3.63) is 98.8 Å². The topological polar surface area (TPSA) is 86.7 Å². The minimum Gasteiger partial charge on any atom is -0.493 e. The number of benzene rings is 3. The highest BCUT2D eigenvalue weighted by atomic mass is 35.5. The predicted molar refractivity (Wildman–Crippen MR) is 125 cm³/mol. The average Bonchev–Trinajstić information content (AvgIpc) is 2.74. The summed E-state index contributed by atoms with van der Waals surface area (Å²) < 4.78 is 27.3. The van der Waals surface area contributed by atoms with Gasteiger partial charge in [0.2, 0.25) is 5.88 Å². The second-order valence-electron chi connectivity index (χ2n) is 6.91. The minimum absolute atomic E-state index is 0.0121. The van der Waals surface area contributed by atoms with E-state index in [0.717, 1.165) is 4.31 Å². The van der Waals surface area contributed by atoms with E-state index in [1.165, 1.54) is 36.4 Å². The number of anilines is 1. The quantitative estimate of drug-likeness (QED) is 0.471. The maximum Gasteiger partial charge on any atom is 0.267 e. The minimum atomic E-state index is -4.16. The van der Waals surface area contributed by atoms with Crippen LogP contribution in [0.4, 0.5) is 5.69 Å². The first kappa shape index (κ1) is 22.5. The van der Waals surface area contributed by atoms with Gasteiger partial charge in [-0.25, -0.2) is 12.7 Å². The van der Waals surface area contributed by atoms with Crippen molar-refractivity contribution in [2.75, 3.05) is 5.32 Å². The first-order chi connectivity index (χ1) is 15.2. The molecule has 1 aliphatic rings. The molecule has 6 nitrogen and oxygen atoms in total. The van der Waals surface area contributed by atoms with E-state index in [0.29, 0.717) is 10.6 Å². The van der Waals surface area contributed by atoms with Crippen LogP contribution in [0.1, 0.15) is 11.1 Å². The molecule has 0 saturated carbocycles. The molecule has 0 fully saturated rings. The number of aliphatic hydroxyl groups is 1. The summed E-state index contributed by atoms with van der Waals surface area (Å²) >= 11 is 18.1. The van der Waals surface area contributed by atoms with Gasteiger partial charge in [-0.2, -0.15) is 0 Å². The molecule has 4 rings (SSSR count). The summed E-state index contributed by atoms with van der Waals surface area (Å²) in [6, 6.07) is 17.2. The molecule has 0 radical (unpaired) electrons. The third-order valence-corrected chi connectivity index (χ3v) is 7.39. The number of hydrogen-bond donors (Lipinski definition) is 2. The van der Waals surface area contributed by atoms with Crippen molar-refractivity contribution in [2.45, 2.75) is 11.4 Å². The highest BCUT2D eigenvalue weighted by molar-refractivity contribution is 7.89. The SMILES string of the molecule is O=C(Nc1ccc(Cl)cc1Cl)C1=C(O)N(Cc2ccccc2)S(=O)(=O)c2ccc(Cl)cc21. The molecule has 0 aromatic heterocycles. The summed E-state index contributed by atoms with van der Waals surface area (Å²) in [5, 5.41) is 14.4. The van der Waals surface area contributed by atoms with Crippen LogP contribution in [0.25, 0.3) is 5.57 Å². The van der Waals surface area contributed by atoms with Gasteiger partial charge in [0.1, 0.15) is 5.57 Å². The van der Waals surface area contributed by atoms with Crippen molar-refractivity contribution in [1.29, 1.82) is 0 Å². The van der Waals surface area contributed by atoms with Crippen LogP contribution in [-0.4, -0.2) is 23.7 Å². The molecule has 1 amide bonds. The number of amides is 1. The molecule has 0 saturated heterocycles. The average molecular weight is 510 g/mol. The van der Waals surface area contributed by atoms with Crippen molar-refractivity contribution < 1.29 is 18.3 Å². The Morgan fingerprint density at radius 3 is 2.28 bits per heavy atom. The van der Waals surface area contributed by atoms with Gasteiger partial charge < -0.3 is 10.4 Å². The van der Waals surface area contributed by atoms with E-state index in [1.54, 1.807) is 30.3 Å². The first-order valence-electron chi connectivity index (χ1n) is 9.24. The molecule has 0 spiro atoms. The molecule has 3 aromatic carbocycles. The lowest BCUT2D eigenvalue weighted by molar-refractivity contribution is -0.111. The molecule has 32 heavy (non-hydrogen) atoms. The van der Waals surface area contributed by atoms with E-state index < -0.39 is 21.8 Å². The van der Waals surface area contributed by atoms with Gasteiger partial charge in [0.25, 0.3) is 15.9 Å². The fraction of sp³-hybridized carbons (Fsp3) is 0.0455. The Morgan fingerprint density at radius 2 is 1.59 bits per heavy atom. The lowest BCUT2D eigenvalue weighted by Crippen LogP contribution is -2.36. The Balaban J connectivity index is 1.84. The fourth-order valence-electron chi connectivity index (χ4n) is 3.31. The summed E-state index contributed by atoms with van der Waals surface area (Å²) in [6.45, 7) is -0.171. The molecule has 2 N–H and O–H groups in total. The Morgan fingerprint density at radius 1 is 0.938 bits per heavy atom. The van der Waals surface area contributed by atoms with Crippen LogP contribution in [0.3, 0.4) is 0 Å². The summed E-state index contributed by atoms with van der Waals surface area (Å²) in [5.41, 5.74) is 0.606. The summed E-state index contributed by atoms with van der Waals surface area (Å²) in [7, 11) is -4.16. The maximum absolute atomic E-state index is 13.3. The van der Waals surface area contributed by atoms with Crippen LogP contribution < -0.4 is 5.32 Å². The Hall–Kier alpha value is -2.71. The standard InChI is InChI=1S/C22H15Cl3N2O4S/c23-14-7-9-19-16(10-14)20(21(28)26-18-8-6-15(24)11-17(18)25)22(29)27(32(19,30)31)12-13-4-2-1-3-5-13/h1-11,29H,12H2,(H,26,28). The Kier molecular flexibility index (Phi) is 6.09. The number of halogens is 3. The monoisotopic (exact) mass is 508 g/mol. The molecule has 0 atom stereocenters. The van der Waals surface area contributed by atoms with Crippen LogP contribution in [0.2, 0.25) is 15.1 Å². The molecular formula is C22H15Cl3N2O4S. The zero-order chi connectivity index (χ0) is 23.0. The smallest absolute Gasteiger partial charge is 0.267 e. The van der Waals surface area contributed by atoms with Crippen molar-refractivity contribution >= 4 is 62.0 Å². The van der Waals surface area contributed by atoms with Gasteiger partial charge in [-0.15, -0.1) is 0 Å². The van der Waals surface area contributed by atoms with Crippen LogP contribution in [0.15, 0.2) is 77.5 Å². The van der Waals surface area contributed by atoms with Crippen LogP contribution >= 0.6 is 34.8 Å². The Bertz CT molecular complexity index is 1360. The number of hydrogen-bond acceptors (Lipinski definition) is 4. The highest BCUT2D eigenvalue weighted by Crippen LogP contribution is 2.39. The fourth-order valence-corrected chi connectivity index (χ4v) is 5.49. The van der Waals surface area contributed by atoms with Gasteiger partial charge in [0.05, 0.1) is 22.2 Å². The van der Waals surface area contributed by atoms with Crippen molar-refractivity contribution in [3.63, 3.8) is 0 Å². The second kappa shape index (κ2) is 8.67. The largest absolute Gasteiger partial charge is 0.493 e. The Labute approximate surface area is 199 Å². The van der Waals surface area contributed by atoms with Gasteiger partial charge in [0.15, 0.2) is 0 Å². The first-order valence-corrected chi connectivity index (χ1v) is 11.8. The molecule has 0 unspecified atom stereocenters. The maximum atomic E-state index is 13.3. The number of carbonyl (C=O) groups is 1. The molecule has 10 heteroatoms. The van der Waals surface area contributed by atoms with Crippen molar-refractivity contribution in [1.82, 2.24) is 4.31 Å². The van der Waals surface area contributed by atoms with E-state index >= 15 is 0 Å². The normalized spacial score (nSPS) is 14.8. The number of aliphatic hydroxyl groups excluding tert-OH is 1. The van der Waals surface area contributed by atoms with Crippen LogP contribution in [0, 0.1) is 0 Å². The van der Waals surface area contributed by atoms with Gasteiger partial charge >= 0.3 is 0 Å². The van der Waals surface area contributed by atoms with Gasteiger partial charge in [0, 0.05) is 15.6 Å². The zero-order valence-electron chi connectivity index (χ0n) is 16.2. The van der Waals surface area contributed by atoms with Gasteiger partial charge in [-0.05, 0) is 42.0 Å². The van der Waals surface area contributed by atoms with E-state index in [9.17, 15) is 18.3 Å². The molecule has 3 aromatic rings. The van der Waals surface area contributed by atoms with Crippen LogP contribution in [-0.2, 0) is 21.4 Å². The molecule has 1 heterocycles. The lowest BCUT2D eigenvalue weighted by Gasteiger charge is -2.30. The third kappa shape index (κ3) is 4.17. The molecule has 1 aliphatic heterocycles. The number of rotatable bonds is 4. The zero-order valence-corrected chi connectivity index (χ0v) is 19.3. The highest BCUT2D eigenvalue weighted by Gasteiger charge is 2.39. The third-order valence-electron chi connectivity index (χ3n) is 4.81. The van der Waals surface area contributed by atoms with E-state index in [1.807, 2.05) is 0 Å². The molecule has 0 bridgehead atoms. The summed E-state index contributed by atoms with van der Waals surface area (Å²) in [5.74, 6) is -1.48. The molecular weight excluding hydrogens is 495 g/mol. The van der Waals surface area contributed by atoms with E-state index in [-0.39, 0.29) is 38.3 Å².